The molecule has 17 heavy (non-hydrogen) atoms. The largest absolute Gasteiger partial charge is 0.396 e. The molecule has 1 heterocycles. The Morgan fingerprint density at radius 2 is 2.06 bits per heavy atom. The average molecular weight is 240 g/mol. The number of unbranched alkanes of at least 4 members (excludes halogenated alkanes) is 2. The van der Waals surface area contributed by atoms with Crippen LogP contribution in [0.5, 0.6) is 0 Å². The molecule has 1 aliphatic carbocycles. The van der Waals surface area contributed by atoms with Gasteiger partial charge in [-0.05, 0) is 44.9 Å². The number of aliphatic hydroxyl groups excluding tert-OH is 1. The highest BCUT2D eigenvalue weighted by Gasteiger charge is 2.32. The van der Waals surface area contributed by atoms with Crippen LogP contribution >= 0.6 is 0 Å². The van der Waals surface area contributed by atoms with Crippen molar-refractivity contribution in [1.82, 2.24) is 10.2 Å². The lowest BCUT2D eigenvalue weighted by Gasteiger charge is -2.33. The summed E-state index contributed by atoms with van der Waals surface area (Å²) in [5.41, 5.74) is 0. The second-order valence-electron chi connectivity index (χ2n) is 5.25. The summed E-state index contributed by atoms with van der Waals surface area (Å²) in [7, 11) is 0. The van der Waals surface area contributed by atoms with Crippen molar-refractivity contribution in [2.45, 2.75) is 57.0 Å². The molecule has 0 aromatic carbocycles. The number of aliphatic hydroxyl groups is 1. The van der Waals surface area contributed by atoms with E-state index in [9.17, 15) is 4.79 Å². The normalized spacial score (nSPS) is 25.4. The van der Waals surface area contributed by atoms with Crippen molar-refractivity contribution in [2.75, 3.05) is 19.7 Å². The standard InChI is InChI=1S/C13H24N2O2/c16-10-3-1-2-8-15-9-4-5-12(13(15)17)14-11-6-7-11/h11-12,14,16H,1-10H2. The molecule has 1 aliphatic heterocycles. The average Bonchev–Trinajstić information content (AvgIpc) is 3.13. The third kappa shape index (κ3) is 3.96. The van der Waals surface area contributed by atoms with Crippen LogP contribution in [0.15, 0.2) is 0 Å². The molecule has 1 atom stereocenters. The third-order valence-electron chi connectivity index (χ3n) is 3.63. The predicted molar refractivity (Wildman–Crippen MR) is 66.7 cm³/mol. The first-order valence-electron chi connectivity index (χ1n) is 6.97. The van der Waals surface area contributed by atoms with Gasteiger partial charge in [-0.2, -0.15) is 0 Å². The number of likely N-dealkylation sites (tertiary alicyclic amines) is 1. The molecule has 2 rings (SSSR count). The number of amides is 1. The van der Waals surface area contributed by atoms with Crippen LogP contribution in [0.25, 0.3) is 0 Å². The monoisotopic (exact) mass is 240 g/mol. The lowest BCUT2D eigenvalue weighted by molar-refractivity contribution is -0.136. The van der Waals surface area contributed by atoms with E-state index >= 15 is 0 Å². The van der Waals surface area contributed by atoms with E-state index in [0.717, 1.165) is 45.2 Å². The van der Waals surface area contributed by atoms with Crippen LogP contribution < -0.4 is 5.32 Å². The van der Waals surface area contributed by atoms with E-state index in [1.165, 1.54) is 12.8 Å². The molecule has 0 radical (unpaired) electrons. The first-order chi connectivity index (χ1) is 8.31. The molecule has 98 valence electrons. The van der Waals surface area contributed by atoms with Crippen LogP contribution in [-0.2, 0) is 4.79 Å². The van der Waals surface area contributed by atoms with Crippen molar-refractivity contribution in [3.63, 3.8) is 0 Å². The van der Waals surface area contributed by atoms with Gasteiger partial charge in [-0.3, -0.25) is 4.79 Å². The van der Waals surface area contributed by atoms with E-state index in [4.69, 9.17) is 5.11 Å². The lowest BCUT2D eigenvalue weighted by atomic mass is 10.0. The maximum Gasteiger partial charge on any atom is 0.239 e. The first-order valence-corrected chi connectivity index (χ1v) is 6.97. The summed E-state index contributed by atoms with van der Waals surface area (Å²) >= 11 is 0. The van der Waals surface area contributed by atoms with Gasteiger partial charge < -0.3 is 15.3 Å². The van der Waals surface area contributed by atoms with Gasteiger partial charge >= 0.3 is 0 Å². The Balaban J connectivity index is 1.70. The third-order valence-corrected chi connectivity index (χ3v) is 3.63. The van der Waals surface area contributed by atoms with E-state index in [2.05, 4.69) is 5.32 Å². The number of hydrogen-bond acceptors (Lipinski definition) is 3. The molecular formula is C13H24N2O2. The van der Waals surface area contributed by atoms with Gasteiger partial charge in [-0.25, -0.2) is 0 Å². The zero-order chi connectivity index (χ0) is 12.1. The molecule has 0 aromatic heterocycles. The van der Waals surface area contributed by atoms with Crippen LogP contribution in [0.4, 0.5) is 0 Å². The fraction of sp³-hybridized carbons (Fsp3) is 0.923. The van der Waals surface area contributed by atoms with Gasteiger partial charge in [0, 0.05) is 25.7 Å². The summed E-state index contributed by atoms with van der Waals surface area (Å²) < 4.78 is 0. The molecule has 1 amide bonds. The fourth-order valence-electron chi connectivity index (χ4n) is 2.44. The van der Waals surface area contributed by atoms with Crippen LogP contribution in [0.2, 0.25) is 0 Å². The number of rotatable bonds is 7. The number of nitrogens with one attached hydrogen (secondary N) is 1. The van der Waals surface area contributed by atoms with Crippen LogP contribution in [0.3, 0.4) is 0 Å². The highest BCUT2D eigenvalue weighted by Crippen LogP contribution is 2.22. The molecule has 4 nitrogen and oxygen atoms in total. The summed E-state index contributed by atoms with van der Waals surface area (Å²) in [6.45, 7) is 2.04. The summed E-state index contributed by atoms with van der Waals surface area (Å²) in [5.74, 6) is 0.298. The molecule has 2 fully saturated rings. The smallest absolute Gasteiger partial charge is 0.239 e. The van der Waals surface area contributed by atoms with Crippen molar-refractivity contribution in [1.29, 1.82) is 0 Å². The van der Waals surface area contributed by atoms with Gasteiger partial charge in [0.05, 0.1) is 6.04 Å². The first kappa shape index (κ1) is 12.8. The molecule has 2 aliphatic rings. The zero-order valence-electron chi connectivity index (χ0n) is 10.5. The molecular weight excluding hydrogens is 216 g/mol. The minimum atomic E-state index is 0.0779. The molecule has 1 unspecified atom stereocenters. The molecule has 1 saturated heterocycles. The van der Waals surface area contributed by atoms with E-state index in [-0.39, 0.29) is 12.6 Å². The predicted octanol–water partition coefficient (Wildman–Crippen LogP) is 0.892. The van der Waals surface area contributed by atoms with Gasteiger partial charge in [-0.15, -0.1) is 0 Å². The Hall–Kier alpha value is -0.610. The van der Waals surface area contributed by atoms with Crippen molar-refractivity contribution < 1.29 is 9.90 Å². The highest BCUT2D eigenvalue weighted by molar-refractivity contribution is 5.82. The number of carbonyl (C=O) groups is 1. The molecule has 0 spiro atoms. The quantitative estimate of drug-likeness (QED) is 0.650. The summed E-state index contributed by atoms with van der Waals surface area (Å²) in [5, 5.41) is 12.2. The highest BCUT2D eigenvalue weighted by atomic mass is 16.2. The topological polar surface area (TPSA) is 52.6 Å². The van der Waals surface area contributed by atoms with Gasteiger partial charge in [-0.1, -0.05) is 0 Å². The van der Waals surface area contributed by atoms with Gasteiger partial charge in [0.25, 0.3) is 0 Å². The van der Waals surface area contributed by atoms with Crippen molar-refractivity contribution in [2.24, 2.45) is 0 Å². The Kier molecular flexibility index (Phi) is 4.80. The fourth-order valence-corrected chi connectivity index (χ4v) is 2.44. The summed E-state index contributed by atoms with van der Waals surface area (Å²) in [6.07, 6.45) is 7.48. The van der Waals surface area contributed by atoms with Gasteiger partial charge in [0.2, 0.25) is 5.91 Å². The SMILES string of the molecule is O=C1C(NC2CC2)CCCN1CCCCCO. The van der Waals surface area contributed by atoms with Crippen molar-refractivity contribution in [3.05, 3.63) is 0 Å². The van der Waals surface area contributed by atoms with Gasteiger partial charge in [0.1, 0.15) is 0 Å². The molecule has 2 N–H and O–H groups in total. The number of nitrogens with zero attached hydrogens (tertiary/aromatic N) is 1. The maximum atomic E-state index is 12.2. The molecule has 4 heteroatoms. The minimum Gasteiger partial charge on any atom is -0.396 e. The summed E-state index contributed by atoms with van der Waals surface area (Å²) in [4.78, 5) is 14.2. The minimum absolute atomic E-state index is 0.0779. The van der Waals surface area contributed by atoms with Crippen molar-refractivity contribution >= 4 is 5.91 Å². The zero-order valence-corrected chi connectivity index (χ0v) is 10.5. The van der Waals surface area contributed by atoms with E-state index in [1.54, 1.807) is 0 Å². The van der Waals surface area contributed by atoms with Gasteiger partial charge in [0.15, 0.2) is 0 Å². The summed E-state index contributed by atoms with van der Waals surface area (Å²) in [6, 6.07) is 0.687. The van der Waals surface area contributed by atoms with E-state index < -0.39 is 0 Å². The Labute approximate surface area is 103 Å². The maximum absolute atomic E-state index is 12.2. The van der Waals surface area contributed by atoms with Crippen LogP contribution in [0.1, 0.15) is 44.9 Å². The molecule has 1 saturated carbocycles. The number of hydrogen-bond donors (Lipinski definition) is 2. The molecule has 0 bridgehead atoms. The second kappa shape index (κ2) is 6.36. The Morgan fingerprint density at radius 1 is 1.24 bits per heavy atom. The Morgan fingerprint density at radius 3 is 2.76 bits per heavy atom. The Bertz CT molecular complexity index is 254. The number of carbonyl (C=O) groups excluding carboxylic acids is 1. The van der Waals surface area contributed by atoms with Crippen LogP contribution in [-0.4, -0.2) is 47.7 Å². The van der Waals surface area contributed by atoms with Crippen LogP contribution in [0, 0.1) is 0 Å². The van der Waals surface area contributed by atoms with E-state index in [0.29, 0.717) is 11.9 Å². The van der Waals surface area contributed by atoms with Crippen molar-refractivity contribution in [3.8, 4) is 0 Å². The molecule has 0 aromatic rings. The second-order valence-corrected chi connectivity index (χ2v) is 5.25. The number of piperidine rings is 1. The van der Waals surface area contributed by atoms with E-state index in [1.807, 2.05) is 4.90 Å². The lowest BCUT2D eigenvalue weighted by Crippen LogP contribution is -2.51.